The maximum atomic E-state index is 11.9. The second kappa shape index (κ2) is 3.35. The minimum Gasteiger partial charge on any atom is -0.451 e. The van der Waals surface area contributed by atoms with Crippen LogP contribution in [0.3, 0.4) is 0 Å². The van der Waals surface area contributed by atoms with Crippen molar-refractivity contribution >= 4 is 16.9 Å². The van der Waals surface area contributed by atoms with Gasteiger partial charge in [0.25, 0.3) is 5.91 Å². The normalized spacial score (nSPS) is 16.4. The molecule has 3 rings (SSSR count). The molecule has 1 aromatic carbocycles. The number of furan rings is 1. The third-order valence-corrected chi connectivity index (χ3v) is 2.79. The molecule has 0 radical (unpaired) electrons. The third kappa shape index (κ3) is 1.39. The number of amides is 1. The van der Waals surface area contributed by atoms with Gasteiger partial charge in [0.1, 0.15) is 5.58 Å². The summed E-state index contributed by atoms with van der Waals surface area (Å²) in [7, 11) is 0. The fourth-order valence-electron chi connectivity index (χ4n) is 1.86. The number of nitrogens with zero attached hydrogens (tertiary/aromatic N) is 1. The second-order valence-corrected chi connectivity index (χ2v) is 4.01. The summed E-state index contributed by atoms with van der Waals surface area (Å²) in [5, 5.41) is 10.1. The summed E-state index contributed by atoms with van der Waals surface area (Å²) in [6.07, 6.45) is -0.381. The highest BCUT2D eigenvalue weighted by Gasteiger charge is 2.31. The number of fused-ring (bicyclic) bond motifs is 1. The Morgan fingerprint density at radius 3 is 2.81 bits per heavy atom. The molecule has 0 saturated carbocycles. The molecule has 4 nitrogen and oxygen atoms in total. The second-order valence-electron chi connectivity index (χ2n) is 4.01. The highest BCUT2D eigenvalue weighted by atomic mass is 16.3. The predicted molar refractivity (Wildman–Crippen MR) is 58.1 cm³/mol. The zero-order valence-corrected chi connectivity index (χ0v) is 8.59. The molecule has 1 aliphatic heterocycles. The molecule has 0 bridgehead atoms. The van der Waals surface area contributed by atoms with E-state index in [0.29, 0.717) is 24.4 Å². The van der Waals surface area contributed by atoms with Gasteiger partial charge in [-0.1, -0.05) is 18.2 Å². The van der Waals surface area contributed by atoms with Crippen molar-refractivity contribution in [3.05, 3.63) is 36.1 Å². The Kier molecular flexibility index (Phi) is 1.97. The van der Waals surface area contributed by atoms with E-state index in [2.05, 4.69) is 0 Å². The zero-order chi connectivity index (χ0) is 11.1. The van der Waals surface area contributed by atoms with E-state index in [1.54, 1.807) is 11.0 Å². The van der Waals surface area contributed by atoms with Crippen molar-refractivity contribution in [2.75, 3.05) is 13.1 Å². The molecule has 0 unspecified atom stereocenters. The van der Waals surface area contributed by atoms with Gasteiger partial charge >= 0.3 is 0 Å². The van der Waals surface area contributed by atoms with Gasteiger partial charge in [-0.25, -0.2) is 0 Å². The topological polar surface area (TPSA) is 53.7 Å². The lowest BCUT2D eigenvalue weighted by Gasteiger charge is -2.35. The van der Waals surface area contributed by atoms with Crippen LogP contribution in [0.1, 0.15) is 10.6 Å². The van der Waals surface area contributed by atoms with Crippen molar-refractivity contribution < 1.29 is 14.3 Å². The van der Waals surface area contributed by atoms with Gasteiger partial charge in [0.05, 0.1) is 6.10 Å². The number of para-hydroxylation sites is 1. The van der Waals surface area contributed by atoms with E-state index in [9.17, 15) is 4.79 Å². The van der Waals surface area contributed by atoms with Crippen molar-refractivity contribution in [3.63, 3.8) is 0 Å². The number of likely N-dealkylation sites (tertiary alicyclic amines) is 1. The maximum Gasteiger partial charge on any atom is 0.289 e. The average Bonchev–Trinajstić information content (AvgIpc) is 2.67. The molecule has 1 N–H and O–H groups in total. The van der Waals surface area contributed by atoms with Crippen LogP contribution in [0.4, 0.5) is 0 Å². The van der Waals surface area contributed by atoms with E-state index in [4.69, 9.17) is 9.52 Å². The van der Waals surface area contributed by atoms with E-state index in [1.807, 2.05) is 24.3 Å². The molecule has 1 amide bonds. The summed E-state index contributed by atoms with van der Waals surface area (Å²) in [5.74, 6) is 0.189. The van der Waals surface area contributed by atoms with Crippen LogP contribution in [-0.4, -0.2) is 35.1 Å². The Morgan fingerprint density at radius 1 is 1.38 bits per heavy atom. The third-order valence-electron chi connectivity index (χ3n) is 2.79. The molecule has 0 aliphatic carbocycles. The van der Waals surface area contributed by atoms with Gasteiger partial charge < -0.3 is 14.4 Å². The summed E-state index contributed by atoms with van der Waals surface area (Å²) in [6, 6.07) is 9.24. The monoisotopic (exact) mass is 217 g/mol. The lowest BCUT2D eigenvalue weighted by atomic mass is 10.1. The molecule has 1 aromatic heterocycles. The molecule has 82 valence electrons. The van der Waals surface area contributed by atoms with Crippen LogP contribution in [0.5, 0.6) is 0 Å². The first-order valence-electron chi connectivity index (χ1n) is 5.20. The van der Waals surface area contributed by atoms with Gasteiger partial charge in [0.2, 0.25) is 0 Å². The van der Waals surface area contributed by atoms with E-state index in [0.717, 1.165) is 5.39 Å². The zero-order valence-electron chi connectivity index (χ0n) is 8.59. The van der Waals surface area contributed by atoms with Crippen molar-refractivity contribution in [1.29, 1.82) is 0 Å². The summed E-state index contributed by atoms with van der Waals surface area (Å²) >= 11 is 0. The van der Waals surface area contributed by atoms with E-state index in [-0.39, 0.29) is 12.0 Å². The number of benzene rings is 1. The Labute approximate surface area is 92.1 Å². The Balaban J connectivity index is 1.91. The van der Waals surface area contributed by atoms with Gasteiger partial charge in [-0.3, -0.25) is 4.79 Å². The molecule has 1 saturated heterocycles. The predicted octanol–water partition coefficient (Wildman–Crippen LogP) is 1.25. The molecule has 2 aromatic rings. The van der Waals surface area contributed by atoms with Gasteiger partial charge in [0, 0.05) is 18.5 Å². The van der Waals surface area contributed by atoms with Gasteiger partial charge in [-0.2, -0.15) is 0 Å². The van der Waals surface area contributed by atoms with Crippen LogP contribution < -0.4 is 0 Å². The Morgan fingerprint density at radius 2 is 2.12 bits per heavy atom. The largest absolute Gasteiger partial charge is 0.451 e. The van der Waals surface area contributed by atoms with Crippen LogP contribution in [0.2, 0.25) is 0 Å². The summed E-state index contributed by atoms with van der Waals surface area (Å²) in [5.41, 5.74) is 0.715. The number of hydrogen-bond acceptors (Lipinski definition) is 3. The Bertz CT molecular complexity index is 507. The van der Waals surface area contributed by atoms with E-state index < -0.39 is 0 Å². The smallest absolute Gasteiger partial charge is 0.289 e. The van der Waals surface area contributed by atoms with Crippen molar-refractivity contribution in [2.45, 2.75) is 6.10 Å². The quantitative estimate of drug-likeness (QED) is 0.782. The lowest BCUT2D eigenvalue weighted by molar-refractivity contribution is 0.00406. The molecular weight excluding hydrogens is 206 g/mol. The minimum atomic E-state index is -0.381. The summed E-state index contributed by atoms with van der Waals surface area (Å²) in [6.45, 7) is 0.797. The molecule has 1 aliphatic rings. The highest BCUT2D eigenvalue weighted by molar-refractivity contribution is 5.96. The van der Waals surface area contributed by atoms with Crippen LogP contribution in [0, 0.1) is 0 Å². The van der Waals surface area contributed by atoms with Crippen molar-refractivity contribution in [1.82, 2.24) is 4.90 Å². The van der Waals surface area contributed by atoms with Crippen molar-refractivity contribution in [2.24, 2.45) is 0 Å². The van der Waals surface area contributed by atoms with E-state index in [1.165, 1.54) is 0 Å². The maximum absolute atomic E-state index is 11.9. The van der Waals surface area contributed by atoms with Crippen molar-refractivity contribution in [3.8, 4) is 0 Å². The molecular formula is C12H11NO3. The Hall–Kier alpha value is -1.81. The molecule has 4 heteroatoms. The molecule has 0 atom stereocenters. The standard InChI is InChI=1S/C12H11NO3/c14-9-6-13(7-9)12(15)11-5-8-3-1-2-4-10(8)16-11/h1-5,9,14H,6-7H2. The van der Waals surface area contributed by atoms with Crippen LogP contribution >= 0.6 is 0 Å². The number of hydrogen-bond donors (Lipinski definition) is 1. The summed E-state index contributed by atoms with van der Waals surface area (Å²) in [4.78, 5) is 13.4. The summed E-state index contributed by atoms with van der Waals surface area (Å²) < 4.78 is 5.45. The van der Waals surface area contributed by atoms with Gasteiger partial charge in [0.15, 0.2) is 5.76 Å². The fraction of sp³-hybridized carbons (Fsp3) is 0.250. The van der Waals surface area contributed by atoms with E-state index >= 15 is 0 Å². The first-order valence-corrected chi connectivity index (χ1v) is 5.20. The van der Waals surface area contributed by atoms with Gasteiger partial charge in [-0.05, 0) is 12.1 Å². The van der Waals surface area contributed by atoms with Crippen LogP contribution in [0.25, 0.3) is 11.0 Å². The highest BCUT2D eigenvalue weighted by Crippen LogP contribution is 2.21. The molecule has 16 heavy (non-hydrogen) atoms. The van der Waals surface area contributed by atoms with Gasteiger partial charge in [-0.15, -0.1) is 0 Å². The van der Waals surface area contributed by atoms with Crippen LogP contribution in [0.15, 0.2) is 34.7 Å². The number of β-amino-alcohol motifs (C(OH)–C–C–N with tert-alkyl or cyclic N) is 1. The minimum absolute atomic E-state index is 0.151. The first-order chi connectivity index (χ1) is 7.74. The fourth-order valence-corrected chi connectivity index (χ4v) is 1.86. The number of carbonyl (C=O) groups is 1. The number of aliphatic hydroxyl groups is 1. The number of aliphatic hydroxyl groups excluding tert-OH is 1. The number of carbonyl (C=O) groups excluding carboxylic acids is 1. The van der Waals surface area contributed by atoms with Crippen LogP contribution in [-0.2, 0) is 0 Å². The lowest BCUT2D eigenvalue weighted by Crippen LogP contribution is -2.53. The first kappa shape index (κ1) is 9.42. The molecule has 2 heterocycles. The number of rotatable bonds is 1. The SMILES string of the molecule is O=C(c1cc2ccccc2o1)N1CC(O)C1. The average molecular weight is 217 g/mol. The molecule has 0 spiro atoms. The molecule has 1 fully saturated rings.